The van der Waals surface area contributed by atoms with Gasteiger partial charge in [0.25, 0.3) is 0 Å². The Morgan fingerprint density at radius 1 is 1.28 bits per heavy atom. The van der Waals surface area contributed by atoms with Crippen LogP contribution in [0.4, 0.5) is 14.9 Å². The third kappa shape index (κ3) is 3.19. The van der Waals surface area contributed by atoms with Gasteiger partial charge in [0.05, 0.1) is 0 Å². The molecule has 5 nitrogen and oxygen atoms in total. The maximum absolute atomic E-state index is 12.7. The summed E-state index contributed by atoms with van der Waals surface area (Å²) in [5.41, 5.74) is -0.902. The van der Waals surface area contributed by atoms with Crippen molar-refractivity contribution in [3.05, 3.63) is 30.1 Å². The Labute approximate surface area is 104 Å². The van der Waals surface area contributed by atoms with Crippen LogP contribution in [0.5, 0.6) is 0 Å². The second-order valence-electron chi connectivity index (χ2n) is 4.40. The summed E-state index contributed by atoms with van der Waals surface area (Å²) in [4.78, 5) is 23.9. The molecule has 0 saturated carbocycles. The topological polar surface area (TPSA) is 69.6 Å². The molecule has 98 valence electrons. The van der Waals surface area contributed by atoms with Gasteiger partial charge < -0.3 is 10.4 Å². The molecule has 1 rings (SSSR count). The van der Waals surface area contributed by atoms with Crippen molar-refractivity contribution in [3.63, 3.8) is 0 Å². The Balaban J connectivity index is 2.79. The van der Waals surface area contributed by atoms with Gasteiger partial charge in [-0.3, -0.25) is 4.90 Å². The summed E-state index contributed by atoms with van der Waals surface area (Å²) in [5, 5.41) is 11.3. The number of nitrogens with zero attached hydrogens (tertiary/aromatic N) is 1. The maximum Gasteiger partial charge on any atom is 0.328 e. The summed E-state index contributed by atoms with van der Waals surface area (Å²) in [6.45, 7) is 2.76. The average molecular weight is 254 g/mol. The Morgan fingerprint density at radius 3 is 2.22 bits per heavy atom. The molecule has 18 heavy (non-hydrogen) atoms. The smallest absolute Gasteiger partial charge is 0.328 e. The molecule has 0 aliphatic heterocycles. The monoisotopic (exact) mass is 254 g/mol. The number of urea groups is 1. The minimum atomic E-state index is -1.37. The fraction of sp³-hybridized carbons (Fsp3) is 0.333. The van der Waals surface area contributed by atoms with Crippen molar-refractivity contribution < 1.29 is 19.1 Å². The van der Waals surface area contributed by atoms with Crippen molar-refractivity contribution >= 4 is 17.7 Å². The number of benzene rings is 1. The SMILES string of the molecule is CN(C(=O)NC(C)(C)C(=O)O)c1ccc(F)cc1. The lowest BCUT2D eigenvalue weighted by molar-refractivity contribution is -0.142. The van der Waals surface area contributed by atoms with E-state index in [1.807, 2.05) is 0 Å². The fourth-order valence-electron chi connectivity index (χ4n) is 1.19. The molecule has 0 saturated heterocycles. The minimum absolute atomic E-state index is 0.404. The van der Waals surface area contributed by atoms with E-state index in [1.165, 1.54) is 50.1 Å². The number of amides is 2. The number of hydrogen-bond acceptors (Lipinski definition) is 2. The zero-order valence-corrected chi connectivity index (χ0v) is 10.4. The van der Waals surface area contributed by atoms with Crippen molar-refractivity contribution in [2.24, 2.45) is 0 Å². The van der Waals surface area contributed by atoms with Gasteiger partial charge in [0.2, 0.25) is 0 Å². The van der Waals surface area contributed by atoms with E-state index in [9.17, 15) is 14.0 Å². The number of nitrogens with one attached hydrogen (secondary N) is 1. The summed E-state index contributed by atoms with van der Waals surface area (Å²) in [7, 11) is 1.47. The maximum atomic E-state index is 12.7. The second-order valence-corrected chi connectivity index (χ2v) is 4.40. The van der Waals surface area contributed by atoms with Gasteiger partial charge in [0.15, 0.2) is 0 Å². The Bertz CT molecular complexity index is 457. The van der Waals surface area contributed by atoms with Crippen LogP contribution >= 0.6 is 0 Å². The molecule has 1 aromatic rings. The van der Waals surface area contributed by atoms with Crippen LogP contribution in [0.1, 0.15) is 13.8 Å². The molecule has 0 unspecified atom stereocenters. The van der Waals surface area contributed by atoms with Crippen LogP contribution in [0.15, 0.2) is 24.3 Å². The summed E-state index contributed by atoms with van der Waals surface area (Å²) in [6, 6.07) is 4.74. The van der Waals surface area contributed by atoms with Crippen LogP contribution in [-0.4, -0.2) is 29.7 Å². The molecule has 0 radical (unpaired) electrons. The quantitative estimate of drug-likeness (QED) is 0.864. The molecule has 0 aliphatic carbocycles. The predicted octanol–water partition coefficient (Wildman–Crippen LogP) is 1.83. The van der Waals surface area contributed by atoms with Gasteiger partial charge in [0, 0.05) is 12.7 Å². The molecule has 0 bridgehead atoms. The number of rotatable bonds is 3. The standard InChI is InChI=1S/C12H15FN2O3/c1-12(2,10(16)17)14-11(18)15(3)9-6-4-8(13)5-7-9/h4-7H,1-3H3,(H,14,18)(H,16,17). The zero-order valence-electron chi connectivity index (χ0n) is 10.4. The zero-order chi connectivity index (χ0) is 13.9. The molecule has 0 fully saturated rings. The summed E-state index contributed by atoms with van der Waals surface area (Å²) in [5.74, 6) is -1.54. The highest BCUT2D eigenvalue weighted by Gasteiger charge is 2.30. The highest BCUT2D eigenvalue weighted by molar-refractivity contribution is 5.95. The molecule has 0 heterocycles. The first-order chi connectivity index (χ1) is 8.24. The van der Waals surface area contributed by atoms with E-state index < -0.39 is 23.4 Å². The van der Waals surface area contributed by atoms with E-state index >= 15 is 0 Å². The molecule has 1 aromatic carbocycles. The fourth-order valence-corrected chi connectivity index (χ4v) is 1.19. The molecular weight excluding hydrogens is 239 g/mol. The Kier molecular flexibility index (Phi) is 3.90. The number of carbonyl (C=O) groups is 2. The molecule has 0 aliphatic rings. The minimum Gasteiger partial charge on any atom is -0.480 e. The largest absolute Gasteiger partial charge is 0.480 e. The van der Waals surface area contributed by atoms with Gasteiger partial charge in [-0.1, -0.05) is 0 Å². The Hall–Kier alpha value is -2.11. The van der Waals surface area contributed by atoms with Gasteiger partial charge in [-0.15, -0.1) is 0 Å². The van der Waals surface area contributed by atoms with Crippen LogP contribution in [-0.2, 0) is 4.79 Å². The number of anilines is 1. The number of hydrogen-bond donors (Lipinski definition) is 2. The van der Waals surface area contributed by atoms with Crippen LogP contribution in [0.3, 0.4) is 0 Å². The number of carbonyl (C=O) groups excluding carboxylic acids is 1. The van der Waals surface area contributed by atoms with Crippen LogP contribution in [0.2, 0.25) is 0 Å². The lowest BCUT2D eigenvalue weighted by Crippen LogP contribution is -2.53. The predicted molar refractivity (Wildman–Crippen MR) is 65.0 cm³/mol. The summed E-state index contributed by atoms with van der Waals surface area (Å²) < 4.78 is 12.7. The van der Waals surface area contributed by atoms with E-state index in [1.54, 1.807) is 0 Å². The van der Waals surface area contributed by atoms with Crippen molar-refractivity contribution in [1.82, 2.24) is 5.32 Å². The number of aliphatic carboxylic acids is 1. The first kappa shape index (κ1) is 14.0. The summed E-state index contributed by atoms with van der Waals surface area (Å²) >= 11 is 0. The van der Waals surface area contributed by atoms with Crippen LogP contribution < -0.4 is 10.2 Å². The van der Waals surface area contributed by atoms with Crippen molar-refractivity contribution in [3.8, 4) is 0 Å². The first-order valence-electron chi connectivity index (χ1n) is 5.29. The van der Waals surface area contributed by atoms with Crippen LogP contribution in [0.25, 0.3) is 0 Å². The Morgan fingerprint density at radius 2 is 1.78 bits per heavy atom. The molecule has 2 amide bonds. The molecule has 6 heteroatoms. The average Bonchev–Trinajstić information content (AvgIpc) is 2.28. The summed E-state index contributed by atoms with van der Waals surface area (Å²) in [6.07, 6.45) is 0. The van der Waals surface area contributed by atoms with E-state index in [0.717, 1.165) is 0 Å². The van der Waals surface area contributed by atoms with Gasteiger partial charge in [-0.25, -0.2) is 14.0 Å². The van der Waals surface area contributed by atoms with Gasteiger partial charge in [-0.2, -0.15) is 0 Å². The highest BCUT2D eigenvalue weighted by atomic mass is 19.1. The molecule has 0 atom stereocenters. The van der Waals surface area contributed by atoms with Gasteiger partial charge in [0.1, 0.15) is 11.4 Å². The number of halogens is 1. The van der Waals surface area contributed by atoms with Crippen molar-refractivity contribution in [2.75, 3.05) is 11.9 Å². The lowest BCUT2D eigenvalue weighted by Gasteiger charge is -2.25. The van der Waals surface area contributed by atoms with Crippen molar-refractivity contribution in [2.45, 2.75) is 19.4 Å². The number of carboxylic acids is 1. The number of carboxylic acid groups (broad SMARTS) is 1. The van der Waals surface area contributed by atoms with Gasteiger partial charge >= 0.3 is 12.0 Å². The highest BCUT2D eigenvalue weighted by Crippen LogP contribution is 2.14. The second kappa shape index (κ2) is 5.03. The third-order valence-corrected chi connectivity index (χ3v) is 2.47. The van der Waals surface area contributed by atoms with E-state index in [4.69, 9.17) is 5.11 Å². The van der Waals surface area contributed by atoms with E-state index in [-0.39, 0.29) is 0 Å². The lowest BCUT2D eigenvalue weighted by atomic mass is 10.1. The molecular formula is C12H15FN2O3. The van der Waals surface area contributed by atoms with Gasteiger partial charge in [-0.05, 0) is 38.1 Å². The van der Waals surface area contributed by atoms with Crippen molar-refractivity contribution in [1.29, 1.82) is 0 Å². The van der Waals surface area contributed by atoms with E-state index in [0.29, 0.717) is 5.69 Å². The normalized spacial score (nSPS) is 10.9. The molecule has 0 spiro atoms. The molecule has 0 aromatic heterocycles. The third-order valence-electron chi connectivity index (χ3n) is 2.47. The molecule has 2 N–H and O–H groups in total. The first-order valence-corrected chi connectivity index (χ1v) is 5.29. The van der Waals surface area contributed by atoms with E-state index in [2.05, 4.69) is 5.32 Å². The van der Waals surface area contributed by atoms with Crippen LogP contribution in [0, 0.1) is 5.82 Å².